The molecule has 0 radical (unpaired) electrons. The molecule has 1 saturated carbocycles. The second kappa shape index (κ2) is 5.38. The van der Waals surface area contributed by atoms with Gasteiger partial charge in [0.05, 0.1) is 23.4 Å². The van der Waals surface area contributed by atoms with Gasteiger partial charge in [-0.25, -0.2) is 0 Å². The number of carbonyl (C=O) groups is 2. The third kappa shape index (κ3) is 3.53. The zero-order valence-electron chi connectivity index (χ0n) is 11.1. The number of hydrogen-bond donors (Lipinski definition) is 2. The van der Waals surface area contributed by atoms with Gasteiger partial charge in [-0.3, -0.25) is 9.59 Å². The Balaban J connectivity index is 1.96. The Morgan fingerprint density at radius 3 is 2.24 bits per heavy atom. The Kier molecular flexibility index (Phi) is 3.93. The van der Waals surface area contributed by atoms with E-state index in [1.807, 2.05) is 0 Å². The van der Waals surface area contributed by atoms with E-state index in [-0.39, 0.29) is 5.91 Å². The number of halogens is 3. The molecule has 0 saturated heterocycles. The van der Waals surface area contributed by atoms with Gasteiger partial charge in [0.25, 0.3) is 0 Å². The molecule has 1 aliphatic rings. The van der Waals surface area contributed by atoms with Crippen LogP contribution in [0.15, 0.2) is 24.3 Å². The van der Waals surface area contributed by atoms with Gasteiger partial charge in [-0.2, -0.15) is 13.2 Å². The summed E-state index contributed by atoms with van der Waals surface area (Å²) in [6.45, 7) is 1.64. The Labute approximate surface area is 119 Å². The van der Waals surface area contributed by atoms with E-state index in [0.717, 1.165) is 12.1 Å². The molecule has 21 heavy (non-hydrogen) atoms. The molecular formula is C14H14F3NO3. The van der Waals surface area contributed by atoms with Crippen LogP contribution in [0.2, 0.25) is 0 Å². The van der Waals surface area contributed by atoms with Crippen molar-refractivity contribution in [1.29, 1.82) is 0 Å². The highest BCUT2D eigenvalue weighted by molar-refractivity contribution is 5.89. The van der Waals surface area contributed by atoms with Gasteiger partial charge in [0.15, 0.2) is 0 Å². The lowest BCUT2D eigenvalue weighted by molar-refractivity contribution is -0.140. The standard InChI is InChI=1S/C14H14F3NO3/c1-7(18-12(19)10-6-11(10)13(20)21)8-2-4-9(5-3-8)14(15,16)17/h2-5,7,10-11H,6H2,1H3,(H,18,19)(H,20,21)/t7?,10-,11+/m1/s1. The van der Waals surface area contributed by atoms with Crippen molar-refractivity contribution in [1.82, 2.24) is 5.32 Å². The summed E-state index contributed by atoms with van der Waals surface area (Å²) in [6, 6.07) is 4.03. The molecule has 1 aromatic rings. The minimum absolute atomic E-state index is 0.306. The Hall–Kier alpha value is -2.05. The second-order valence-electron chi connectivity index (χ2n) is 5.14. The lowest BCUT2D eigenvalue weighted by Gasteiger charge is -2.15. The van der Waals surface area contributed by atoms with Crippen molar-refractivity contribution in [2.24, 2.45) is 11.8 Å². The van der Waals surface area contributed by atoms with Gasteiger partial charge in [-0.1, -0.05) is 12.1 Å². The molecular weight excluding hydrogens is 287 g/mol. The number of hydrogen-bond acceptors (Lipinski definition) is 2. The first-order valence-corrected chi connectivity index (χ1v) is 6.40. The SMILES string of the molecule is CC(NC(=O)[C@@H]1C[C@@H]1C(=O)O)c1ccc(C(F)(F)F)cc1. The Morgan fingerprint density at radius 1 is 1.24 bits per heavy atom. The zero-order chi connectivity index (χ0) is 15.8. The Bertz CT molecular complexity index is 554. The van der Waals surface area contributed by atoms with Crippen LogP contribution in [-0.4, -0.2) is 17.0 Å². The minimum atomic E-state index is -4.40. The van der Waals surface area contributed by atoms with Gasteiger partial charge in [-0.05, 0) is 31.0 Å². The second-order valence-corrected chi connectivity index (χ2v) is 5.14. The molecule has 0 heterocycles. The highest BCUT2D eigenvalue weighted by Gasteiger charge is 2.48. The van der Waals surface area contributed by atoms with E-state index in [0.29, 0.717) is 12.0 Å². The molecule has 114 valence electrons. The Morgan fingerprint density at radius 2 is 1.81 bits per heavy atom. The molecule has 0 bridgehead atoms. The molecule has 3 atom stereocenters. The number of rotatable bonds is 4. The van der Waals surface area contributed by atoms with E-state index in [1.165, 1.54) is 12.1 Å². The van der Waals surface area contributed by atoms with Crippen LogP contribution in [0.5, 0.6) is 0 Å². The highest BCUT2D eigenvalue weighted by atomic mass is 19.4. The number of amides is 1. The fraction of sp³-hybridized carbons (Fsp3) is 0.429. The van der Waals surface area contributed by atoms with Crippen molar-refractivity contribution >= 4 is 11.9 Å². The van der Waals surface area contributed by atoms with Crippen LogP contribution in [0, 0.1) is 11.8 Å². The van der Waals surface area contributed by atoms with Crippen LogP contribution in [0.3, 0.4) is 0 Å². The van der Waals surface area contributed by atoms with E-state index < -0.39 is 35.6 Å². The first-order chi connectivity index (χ1) is 9.70. The van der Waals surface area contributed by atoms with Crippen LogP contribution >= 0.6 is 0 Å². The summed E-state index contributed by atoms with van der Waals surface area (Å²) >= 11 is 0. The van der Waals surface area contributed by atoms with E-state index in [9.17, 15) is 22.8 Å². The van der Waals surface area contributed by atoms with Gasteiger partial charge in [-0.15, -0.1) is 0 Å². The molecule has 1 unspecified atom stereocenters. The molecule has 1 aliphatic carbocycles. The number of carbonyl (C=O) groups excluding carboxylic acids is 1. The maximum atomic E-state index is 12.4. The first-order valence-electron chi connectivity index (χ1n) is 6.40. The van der Waals surface area contributed by atoms with Gasteiger partial charge in [0, 0.05) is 0 Å². The fourth-order valence-corrected chi connectivity index (χ4v) is 2.12. The van der Waals surface area contributed by atoms with Crippen LogP contribution in [-0.2, 0) is 15.8 Å². The van der Waals surface area contributed by atoms with Crippen molar-refractivity contribution < 1.29 is 27.9 Å². The third-order valence-electron chi connectivity index (χ3n) is 3.54. The van der Waals surface area contributed by atoms with E-state index >= 15 is 0 Å². The van der Waals surface area contributed by atoms with Crippen molar-refractivity contribution in [3.05, 3.63) is 35.4 Å². The summed E-state index contributed by atoms with van der Waals surface area (Å²) in [6.07, 6.45) is -4.09. The normalized spacial score (nSPS) is 22.5. The fourth-order valence-electron chi connectivity index (χ4n) is 2.12. The lowest BCUT2D eigenvalue weighted by Crippen LogP contribution is -2.29. The van der Waals surface area contributed by atoms with Crippen LogP contribution < -0.4 is 5.32 Å². The number of carboxylic acid groups (broad SMARTS) is 1. The lowest BCUT2D eigenvalue weighted by atomic mass is 10.1. The zero-order valence-corrected chi connectivity index (χ0v) is 11.1. The van der Waals surface area contributed by atoms with Crippen molar-refractivity contribution in [3.63, 3.8) is 0 Å². The van der Waals surface area contributed by atoms with Crippen molar-refractivity contribution in [3.8, 4) is 0 Å². The van der Waals surface area contributed by atoms with Crippen LogP contribution in [0.1, 0.15) is 30.5 Å². The molecule has 0 aromatic heterocycles. The number of carboxylic acids is 1. The molecule has 0 spiro atoms. The largest absolute Gasteiger partial charge is 0.481 e. The molecule has 4 nitrogen and oxygen atoms in total. The number of aliphatic carboxylic acids is 1. The first kappa shape index (κ1) is 15.3. The summed E-state index contributed by atoms with van der Waals surface area (Å²) in [5.74, 6) is -2.57. The van der Waals surface area contributed by atoms with Crippen LogP contribution in [0.4, 0.5) is 13.2 Å². The van der Waals surface area contributed by atoms with Crippen molar-refractivity contribution in [2.45, 2.75) is 25.6 Å². The van der Waals surface area contributed by atoms with Gasteiger partial charge in [0.2, 0.25) is 5.91 Å². The van der Waals surface area contributed by atoms with Gasteiger partial charge in [0.1, 0.15) is 0 Å². The molecule has 1 fully saturated rings. The van der Waals surface area contributed by atoms with Gasteiger partial charge < -0.3 is 10.4 Å². The van der Waals surface area contributed by atoms with Gasteiger partial charge >= 0.3 is 12.1 Å². The number of nitrogens with one attached hydrogen (secondary N) is 1. The summed E-state index contributed by atoms with van der Waals surface area (Å²) < 4.78 is 37.3. The number of benzene rings is 1. The quantitative estimate of drug-likeness (QED) is 0.898. The van der Waals surface area contributed by atoms with E-state index in [1.54, 1.807) is 6.92 Å². The maximum absolute atomic E-state index is 12.4. The van der Waals surface area contributed by atoms with Crippen LogP contribution in [0.25, 0.3) is 0 Å². The monoisotopic (exact) mass is 301 g/mol. The average Bonchev–Trinajstić information content (AvgIpc) is 3.18. The summed E-state index contributed by atoms with van der Waals surface area (Å²) in [5, 5.41) is 11.4. The molecule has 0 aliphatic heterocycles. The molecule has 7 heteroatoms. The summed E-state index contributed by atoms with van der Waals surface area (Å²) in [5.41, 5.74) is -0.221. The molecule has 1 amide bonds. The average molecular weight is 301 g/mol. The molecule has 1 aromatic carbocycles. The van der Waals surface area contributed by atoms with E-state index in [2.05, 4.69) is 5.32 Å². The third-order valence-corrected chi connectivity index (χ3v) is 3.54. The topological polar surface area (TPSA) is 66.4 Å². The van der Waals surface area contributed by atoms with Crippen molar-refractivity contribution in [2.75, 3.05) is 0 Å². The van der Waals surface area contributed by atoms with E-state index in [4.69, 9.17) is 5.11 Å². The summed E-state index contributed by atoms with van der Waals surface area (Å²) in [7, 11) is 0. The maximum Gasteiger partial charge on any atom is 0.416 e. The predicted octanol–water partition coefficient (Wildman–Crippen LogP) is 2.60. The smallest absolute Gasteiger partial charge is 0.416 e. The highest BCUT2D eigenvalue weighted by Crippen LogP contribution is 2.39. The molecule has 2 rings (SSSR count). The number of alkyl halides is 3. The summed E-state index contributed by atoms with van der Waals surface area (Å²) in [4.78, 5) is 22.5. The molecule has 2 N–H and O–H groups in total. The predicted molar refractivity (Wildman–Crippen MR) is 67.2 cm³/mol. The minimum Gasteiger partial charge on any atom is -0.481 e.